The summed E-state index contributed by atoms with van der Waals surface area (Å²) in [5.74, 6) is -1.47. The van der Waals surface area contributed by atoms with Gasteiger partial charge in [-0.05, 0) is 41.0 Å². The normalized spacial score (nSPS) is 12.4. The first-order valence-electron chi connectivity index (χ1n) is 13.4. The molecule has 12 heteroatoms. The maximum Gasteiger partial charge on any atom is 0.329 e. The Morgan fingerprint density at radius 1 is 0.590 bits per heavy atom. The molecule has 0 unspecified atom stereocenters. The van der Waals surface area contributed by atoms with Gasteiger partial charge in [0.15, 0.2) is 0 Å². The molecule has 0 aliphatic carbocycles. The van der Waals surface area contributed by atoms with Crippen LogP contribution >= 0.6 is 0 Å². The third kappa shape index (κ3) is 21.6. The van der Waals surface area contributed by atoms with Gasteiger partial charge in [-0.1, -0.05) is 13.8 Å². The Hall–Kier alpha value is -1.83. The Bertz CT molecular complexity index is 690. The van der Waals surface area contributed by atoms with E-state index in [0.29, 0.717) is 79.0 Å². The number of carbonyl (C=O) groups is 3. The van der Waals surface area contributed by atoms with Crippen LogP contribution in [0.4, 0.5) is 0 Å². The quantitative estimate of drug-likeness (QED) is 0.131. The molecule has 0 fully saturated rings. The van der Waals surface area contributed by atoms with E-state index >= 15 is 0 Å². The minimum Gasteiger partial charge on any atom is -0.480 e. The zero-order valence-electron chi connectivity index (χ0n) is 24.9. The van der Waals surface area contributed by atoms with Crippen LogP contribution in [0.15, 0.2) is 0 Å². The molecule has 0 aromatic heterocycles. The second-order valence-corrected chi connectivity index (χ2v) is 11.2. The molecular formula is C27H51NO11. The second kappa shape index (κ2) is 20.1. The van der Waals surface area contributed by atoms with Crippen LogP contribution in [0.1, 0.15) is 54.9 Å². The van der Waals surface area contributed by atoms with Gasteiger partial charge in [-0.25, -0.2) is 4.79 Å². The van der Waals surface area contributed by atoms with Crippen molar-refractivity contribution in [1.82, 2.24) is 5.32 Å². The highest BCUT2D eigenvalue weighted by molar-refractivity contribution is 5.83. The Labute approximate surface area is 233 Å². The number of carboxylic acid groups (broad SMARTS) is 1. The number of carboxylic acids is 1. The lowest BCUT2D eigenvalue weighted by atomic mass is 9.74. The summed E-state index contributed by atoms with van der Waals surface area (Å²) in [6.45, 7) is 17.0. The number of hydrogen-bond donors (Lipinski definition) is 2. The topological polar surface area (TPSA) is 148 Å². The van der Waals surface area contributed by atoms with E-state index in [1.165, 1.54) is 0 Å². The molecule has 39 heavy (non-hydrogen) atoms. The number of rotatable bonds is 24. The Morgan fingerprint density at radius 3 is 1.36 bits per heavy atom. The molecule has 0 radical (unpaired) electrons. The number of esters is 1. The van der Waals surface area contributed by atoms with Crippen LogP contribution in [-0.2, 0) is 47.5 Å². The maximum atomic E-state index is 12.7. The van der Waals surface area contributed by atoms with E-state index in [0.717, 1.165) is 0 Å². The second-order valence-electron chi connectivity index (χ2n) is 11.2. The molecule has 1 amide bonds. The van der Waals surface area contributed by atoms with Gasteiger partial charge in [0.25, 0.3) is 0 Å². The highest BCUT2D eigenvalue weighted by Gasteiger charge is 2.41. The van der Waals surface area contributed by atoms with Crippen LogP contribution in [0.2, 0.25) is 0 Å². The summed E-state index contributed by atoms with van der Waals surface area (Å²) in [7, 11) is 0. The Morgan fingerprint density at radius 2 is 0.974 bits per heavy atom. The third-order valence-electron chi connectivity index (χ3n) is 5.07. The van der Waals surface area contributed by atoms with E-state index < -0.39 is 22.4 Å². The smallest absolute Gasteiger partial charge is 0.329 e. The van der Waals surface area contributed by atoms with E-state index in [9.17, 15) is 14.4 Å². The van der Waals surface area contributed by atoms with Gasteiger partial charge in [-0.2, -0.15) is 0 Å². The van der Waals surface area contributed by atoms with Crippen molar-refractivity contribution < 1.29 is 52.6 Å². The molecular weight excluding hydrogens is 514 g/mol. The fourth-order valence-electron chi connectivity index (χ4n) is 3.41. The van der Waals surface area contributed by atoms with E-state index in [1.54, 1.807) is 13.8 Å². The van der Waals surface area contributed by atoms with Crippen LogP contribution < -0.4 is 5.32 Å². The monoisotopic (exact) mass is 565 g/mol. The van der Waals surface area contributed by atoms with Crippen molar-refractivity contribution >= 4 is 17.8 Å². The number of ether oxygens (including phenoxy) is 7. The minimum absolute atomic E-state index is 0.143. The first-order chi connectivity index (χ1) is 18.2. The zero-order valence-corrected chi connectivity index (χ0v) is 24.9. The third-order valence-corrected chi connectivity index (χ3v) is 5.07. The molecule has 0 atom stereocenters. The van der Waals surface area contributed by atoms with Crippen molar-refractivity contribution in [1.29, 1.82) is 0 Å². The summed E-state index contributed by atoms with van der Waals surface area (Å²) in [4.78, 5) is 35.4. The van der Waals surface area contributed by atoms with Crippen molar-refractivity contribution in [3.05, 3.63) is 0 Å². The van der Waals surface area contributed by atoms with Crippen LogP contribution in [0, 0.1) is 10.8 Å². The summed E-state index contributed by atoms with van der Waals surface area (Å²) in [6.07, 6.45) is 0.353. The number of nitrogens with one attached hydrogen (secondary N) is 1. The number of carbonyl (C=O) groups excluding carboxylic acids is 2. The van der Waals surface area contributed by atoms with Crippen LogP contribution in [0.25, 0.3) is 0 Å². The maximum absolute atomic E-state index is 12.7. The van der Waals surface area contributed by atoms with E-state index in [1.807, 2.05) is 34.6 Å². The fourth-order valence-corrected chi connectivity index (χ4v) is 3.41. The molecule has 0 bridgehead atoms. The summed E-state index contributed by atoms with van der Waals surface area (Å²) >= 11 is 0. The van der Waals surface area contributed by atoms with Gasteiger partial charge < -0.3 is 43.6 Å². The van der Waals surface area contributed by atoms with Crippen LogP contribution in [0.5, 0.6) is 0 Å². The Balaban J connectivity index is 3.65. The molecule has 12 nitrogen and oxygen atoms in total. The molecule has 230 valence electrons. The minimum atomic E-state index is -1.00. The van der Waals surface area contributed by atoms with Gasteiger partial charge in [0, 0.05) is 12.0 Å². The SMILES string of the molecule is CC(C)(C)OC(=O)C(C)(C)CC(C)(C)C(=O)NCCOCCOCCOCCOCCOCCOCC(=O)O. The van der Waals surface area contributed by atoms with Gasteiger partial charge >= 0.3 is 11.9 Å². The van der Waals surface area contributed by atoms with Gasteiger partial charge in [-0.15, -0.1) is 0 Å². The highest BCUT2D eigenvalue weighted by Crippen LogP contribution is 2.35. The predicted octanol–water partition coefficient (Wildman–Crippen LogP) is 2.07. The summed E-state index contributed by atoms with van der Waals surface area (Å²) in [5.41, 5.74) is -2.12. The molecule has 0 aliphatic rings. The lowest BCUT2D eigenvalue weighted by molar-refractivity contribution is -0.167. The first kappa shape index (κ1) is 37.2. The molecule has 0 aromatic rings. The molecule has 0 saturated heterocycles. The molecule has 0 saturated carbocycles. The summed E-state index contributed by atoms with van der Waals surface area (Å²) < 4.78 is 37.3. The van der Waals surface area contributed by atoms with E-state index in [-0.39, 0.29) is 25.1 Å². The van der Waals surface area contributed by atoms with Crippen molar-refractivity contribution in [3.8, 4) is 0 Å². The molecule has 0 rings (SSSR count). The highest BCUT2D eigenvalue weighted by atomic mass is 16.6. The van der Waals surface area contributed by atoms with Gasteiger partial charge in [0.05, 0.1) is 78.1 Å². The lowest BCUT2D eigenvalue weighted by Gasteiger charge is -2.34. The standard InChI is InChI=1S/C27H51NO11/c1-25(2,3)39-24(32)27(6,7)21-26(4,5)23(31)28-8-9-33-10-11-34-12-13-35-14-15-36-16-17-37-18-19-38-20-22(29)30/h8-21H2,1-7H3,(H,28,31)(H,29,30). The molecule has 0 spiro atoms. The van der Waals surface area contributed by atoms with Crippen molar-refractivity contribution in [2.75, 3.05) is 85.8 Å². The van der Waals surface area contributed by atoms with Crippen molar-refractivity contribution in [2.45, 2.75) is 60.5 Å². The van der Waals surface area contributed by atoms with E-state index in [2.05, 4.69) is 5.32 Å². The molecule has 0 heterocycles. The van der Waals surface area contributed by atoms with Gasteiger partial charge in [0.2, 0.25) is 5.91 Å². The average molecular weight is 566 g/mol. The van der Waals surface area contributed by atoms with Crippen molar-refractivity contribution in [2.24, 2.45) is 10.8 Å². The predicted molar refractivity (Wildman–Crippen MR) is 144 cm³/mol. The summed E-state index contributed by atoms with van der Waals surface area (Å²) in [5, 5.41) is 11.3. The first-order valence-corrected chi connectivity index (χ1v) is 13.4. The van der Waals surface area contributed by atoms with Crippen LogP contribution in [0.3, 0.4) is 0 Å². The summed E-state index contributed by atoms with van der Waals surface area (Å²) in [6, 6.07) is 0. The largest absolute Gasteiger partial charge is 0.480 e. The molecule has 2 N–H and O–H groups in total. The van der Waals surface area contributed by atoms with Gasteiger partial charge in [0.1, 0.15) is 12.2 Å². The fraction of sp³-hybridized carbons (Fsp3) is 0.889. The molecule has 0 aliphatic heterocycles. The lowest BCUT2D eigenvalue weighted by Crippen LogP contribution is -2.44. The number of amides is 1. The van der Waals surface area contributed by atoms with Crippen molar-refractivity contribution in [3.63, 3.8) is 0 Å². The van der Waals surface area contributed by atoms with E-state index in [4.69, 9.17) is 38.3 Å². The number of aliphatic carboxylic acids is 1. The number of hydrogen-bond acceptors (Lipinski definition) is 10. The average Bonchev–Trinajstić information content (AvgIpc) is 2.80. The Kier molecular flexibility index (Phi) is 19.2. The molecule has 0 aromatic carbocycles. The zero-order chi connectivity index (χ0) is 29.8. The van der Waals surface area contributed by atoms with Gasteiger partial charge in [-0.3, -0.25) is 9.59 Å². The van der Waals surface area contributed by atoms with Crippen LogP contribution in [-0.4, -0.2) is 114 Å².